The van der Waals surface area contributed by atoms with Crippen molar-refractivity contribution in [3.63, 3.8) is 0 Å². The predicted molar refractivity (Wildman–Crippen MR) is 94.5 cm³/mol. The van der Waals surface area contributed by atoms with Crippen molar-refractivity contribution < 1.29 is 8.42 Å². The van der Waals surface area contributed by atoms with E-state index in [1.54, 1.807) is 41.9 Å². The van der Waals surface area contributed by atoms with Gasteiger partial charge in [-0.25, -0.2) is 8.42 Å². The van der Waals surface area contributed by atoms with Crippen LogP contribution in [0.1, 0.15) is 0 Å². The second-order valence-corrected chi connectivity index (χ2v) is 7.45. The molecule has 24 heavy (non-hydrogen) atoms. The van der Waals surface area contributed by atoms with Crippen molar-refractivity contribution in [2.24, 2.45) is 4.99 Å². The number of benzene rings is 1. The van der Waals surface area contributed by atoms with Gasteiger partial charge in [0.2, 0.25) is 10.0 Å². The zero-order chi connectivity index (χ0) is 17.2. The molecule has 1 saturated heterocycles. The molecule has 8 heteroatoms. The van der Waals surface area contributed by atoms with Gasteiger partial charge in [-0.2, -0.15) is 4.31 Å². The van der Waals surface area contributed by atoms with Gasteiger partial charge in [-0.3, -0.25) is 9.98 Å². The van der Waals surface area contributed by atoms with Crippen molar-refractivity contribution >= 4 is 26.8 Å². The first-order chi connectivity index (χ1) is 11.6. The summed E-state index contributed by atoms with van der Waals surface area (Å²) in [5.41, 5.74) is 0. The van der Waals surface area contributed by atoms with Crippen LogP contribution in [0, 0.1) is 0 Å². The Morgan fingerprint density at radius 1 is 1.21 bits per heavy atom. The summed E-state index contributed by atoms with van der Waals surface area (Å²) in [5, 5.41) is 4.57. The van der Waals surface area contributed by atoms with Crippen LogP contribution in [-0.2, 0) is 10.0 Å². The summed E-state index contributed by atoms with van der Waals surface area (Å²) in [7, 11) is 0.00380. The molecule has 0 spiro atoms. The summed E-state index contributed by atoms with van der Waals surface area (Å²) in [6.45, 7) is 2.09. The molecule has 0 atom stereocenters. The topological polar surface area (TPSA) is 77.9 Å². The molecule has 1 aliphatic heterocycles. The molecule has 0 amide bonds. The number of piperazine rings is 1. The highest BCUT2D eigenvalue weighted by Gasteiger charge is 2.30. The molecule has 0 saturated carbocycles. The largest absolute Gasteiger partial charge is 0.359 e. The number of hydrogen-bond donors (Lipinski definition) is 1. The van der Waals surface area contributed by atoms with Crippen LogP contribution < -0.4 is 5.32 Å². The molecule has 128 valence electrons. The number of guanidine groups is 1. The van der Waals surface area contributed by atoms with E-state index in [2.05, 4.69) is 20.2 Å². The van der Waals surface area contributed by atoms with E-state index in [-0.39, 0.29) is 0 Å². The van der Waals surface area contributed by atoms with E-state index in [1.807, 2.05) is 13.1 Å². The van der Waals surface area contributed by atoms with Crippen LogP contribution in [0.3, 0.4) is 0 Å². The molecule has 0 bridgehead atoms. The lowest BCUT2D eigenvalue weighted by atomic mass is 10.2. The Morgan fingerprint density at radius 2 is 1.96 bits per heavy atom. The van der Waals surface area contributed by atoms with Crippen molar-refractivity contribution in [2.45, 2.75) is 4.90 Å². The minimum absolute atomic E-state index is 0.342. The summed E-state index contributed by atoms with van der Waals surface area (Å²) >= 11 is 0. The number of fused-ring (bicyclic) bond motifs is 1. The van der Waals surface area contributed by atoms with Crippen molar-refractivity contribution in [2.75, 3.05) is 40.3 Å². The maximum absolute atomic E-state index is 13.1. The van der Waals surface area contributed by atoms with Crippen molar-refractivity contribution in [1.82, 2.24) is 19.5 Å². The summed E-state index contributed by atoms with van der Waals surface area (Å²) in [5.74, 6) is 0.781. The van der Waals surface area contributed by atoms with Crippen molar-refractivity contribution in [3.05, 3.63) is 36.7 Å². The first-order valence-corrected chi connectivity index (χ1v) is 9.24. The van der Waals surface area contributed by atoms with Crippen LogP contribution in [0.4, 0.5) is 0 Å². The van der Waals surface area contributed by atoms with Crippen LogP contribution >= 0.6 is 0 Å². The SMILES string of the molecule is CN=C(NC)N1CCN(S(=O)(=O)c2cccc3cnccc23)CC1. The van der Waals surface area contributed by atoms with E-state index in [0.717, 1.165) is 11.3 Å². The lowest BCUT2D eigenvalue weighted by molar-refractivity contribution is 0.261. The Hall–Kier alpha value is -2.19. The van der Waals surface area contributed by atoms with Gasteiger partial charge in [-0.15, -0.1) is 0 Å². The molecular formula is C16H21N5O2S. The Morgan fingerprint density at radius 3 is 2.62 bits per heavy atom. The number of aromatic nitrogens is 1. The Labute approximate surface area is 142 Å². The third-order valence-corrected chi connectivity index (χ3v) is 6.19. The number of aliphatic imine (C=N–C) groups is 1. The molecule has 1 aromatic carbocycles. The molecule has 0 aliphatic carbocycles. The second-order valence-electron chi connectivity index (χ2n) is 5.54. The lowest BCUT2D eigenvalue weighted by Crippen LogP contribution is -2.53. The zero-order valence-electron chi connectivity index (χ0n) is 13.8. The monoisotopic (exact) mass is 347 g/mol. The predicted octanol–water partition coefficient (Wildman–Crippen LogP) is 0.746. The summed E-state index contributed by atoms with van der Waals surface area (Å²) in [6.07, 6.45) is 3.30. The average Bonchev–Trinajstić information content (AvgIpc) is 2.62. The number of pyridine rings is 1. The summed E-state index contributed by atoms with van der Waals surface area (Å²) in [4.78, 5) is 10.6. The van der Waals surface area contributed by atoms with Crippen LogP contribution in [0.15, 0.2) is 46.5 Å². The maximum atomic E-state index is 13.1. The van der Waals surface area contributed by atoms with E-state index in [4.69, 9.17) is 0 Å². The standard InChI is InChI=1S/C16H21N5O2S/c1-17-16(18-2)20-8-10-21(11-9-20)24(22,23)15-5-3-4-13-12-19-7-6-14(13)15/h3-7,12H,8-11H2,1-2H3,(H,17,18). The maximum Gasteiger partial charge on any atom is 0.243 e. The minimum Gasteiger partial charge on any atom is -0.359 e. The fourth-order valence-corrected chi connectivity index (χ4v) is 4.64. The van der Waals surface area contributed by atoms with Gasteiger partial charge in [0.15, 0.2) is 5.96 Å². The minimum atomic E-state index is -3.53. The quantitative estimate of drug-likeness (QED) is 0.641. The fraction of sp³-hybridized carbons (Fsp3) is 0.375. The highest BCUT2D eigenvalue weighted by Crippen LogP contribution is 2.25. The Bertz CT molecular complexity index is 852. The van der Waals surface area contributed by atoms with E-state index in [1.165, 1.54) is 0 Å². The number of nitrogens with zero attached hydrogens (tertiary/aromatic N) is 4. The molecule has 0 radical (unpaired) electrons. The van der Waals surface area contributed by atoms with Crippen molar-refractivity contribution in [3.8, 4) is 0 Å². The Kier molecular flexibility index (Phi) is 4.68. The molecule has 0 unspecified atom stereocenters. The molecule has 1 aliphatic rings. The highest BCUT2D eigenvalue weighted by atomic mass is 32.2. The van der Waals surface area contributed by atoms with Gasteiger partial charge in [-0.05, 0) is 12.1 Å². The van der Waals surface area contributed by atoms with Gasteiger partial charge < -0.3 is 10.2 Å². The van der Waals surface area contributed by atoms with E-state index >= 15 is 0 Å². The van der Waals surface area contributed by atoms with Crippen LogP contribution in [0.25, 0.3) is 10.8 Å². The van der Waals surface area contributed by atoms with Crippen LogP contribution in [0.5, 0.6) is 0 Å². The molecule has 1 aromatic heterocycles. The summed E-state index contributed by atoms with van der Waals surface area (Å²) < 4.78 is 27.7. The van der Waals surface area contributed by atoms with Gasteiger partial charge in [-0.1, -0.05) is 12.1 Å². The zero-order valence-corrected chi connectivity index (χ0v) is 14.6. The van der Waals surface area contributed by atoms with Crippen molar-refractivity contribution in [1.29, 1.82) is 0 Å². The van der Waals surface area contributed by atoms with Gasteiger partial charge in [0.1, 0.15) is 0 Å². The molecule has 7 nitrogen and oxygen atoms in total. The van der Waals surface area contributed by atoms with Crippen LogP contribution in [0.2, 0.25) is 0 Å². The number of nitrogens with one attached hydrogen (secondary N) is 1. The second kappa shape index (κ2) is 6.74. The van der Waals surface area contributed by atoms with Gasteiger partial charge in [0.25, 0.3) is 0 Å². The number of hydrogen-bond acceptors (Lipinski definition) is 4. The number of sulfonamides is 1. The first-order valence-electron chi connectivity index (χ1n) is 7.80. The first kappa shape index (κ1) is 16.7. The van der Waals surface area contributed by atoms with Gasteiger partial charge >= 0.3 is 0 Å². The van der Waals surface area contributed by atoms with Gasteiger partial charge in [0.05, 0.1) is 4.90 Å². The molecular weight excluding hydrogens is 326 g/mol. The summed E-state index contributed by atoms with van der Waals surface area (Å²) in [6, 6.07) is 7.05. The van der Waals surface area contributed by atoms with E-state index < -0.39 is 10.0 Å². The van der Waals surface area contributed by atoms with E-state index in [0.29, 0.717) is 36.5 Å². The normalized spacial score (nSPS) is 17.2. The third-order valence-electron chi connectivity index (χ3n) is 4.23. The van der Waals surface area contributed by atoms with E-state index in [9.17, 15) is 8.42 Å². The number of rotatable bonds is 2. The molecule has 3 rings (SSSR count). The lowest BCUT2D eigenvalue weighted by Gasteiger charge is -2.35. The third kappa shape index (κ3) is 2.94. The Balaban J connectivity index is 1.87. The smallest absolute Gasteiger partial charge is 0.243 e. The molecule has 2 aromatic rings. The van der Waals surface area contributed by atoms with Crippen LogP contribution in [-0.4, -0.2) is 68.8 Å². The van der Waals surface area contributed by atoms with Gasteiger partial charge in [0, 0.05) is 63.4 Å². The molecule has 1 N–H and O–H groups in total. The average molecular weight is 347 g/mol. The molecule has 1 fully saturated rings. The molecule has 2 heterocycles. The highest BCUT2D eigenvalue weighted by molar-refractivity contribution is 7.89. The fourth-order valence-electron chi connectivity index (χ4n) is 3.01.